The highest BCUT2D eigenvalue weighted by Gasteiger charge is 2.38. The van der Waals surface area contributed by atoms with Crippen LogP contribution in [0.5, 0.6) is 0 Å². The third-order valence-corrected chi connectivity index (χ3v) is 5.57. The Morgan fingerprint density at radius 3 is 2.72 bits per heavy atom. The first-order valence-corrected chi connectivity index (χ1v) is 10.00. The zero-order valence-corrected chi connectivity index (χ0v) is 16.7. The van der Waals surface area contributed by atoms with E-state index in [1.165, 1.54) is 11.0 Å². The predicted octanol–water partition coefficient (Wildman–Crippen LogP) is 3.61. The van der Waals surface area contributed by atoms with Gasteiger partial charge in [0.05, 0.1) is 29.8 Å². The second-order valence-corrected chi connectivity index (χ2v) is 7.80. The summed E-state index contributed by atoms with van der Waals surface area (Å²) in [4.78, 5) is 39.3. The van der Waals surface area contributed by atoms with Crippen molar-refractivity contribution in [2.45, 2.75) is 31.9 Å². The fourth-order valence-corrected chi connectivity index (χ4v) is 3.93. The third kappa shape index (κ3) is 3.91. The number of halogens is 1. The summed E-state index contributed by atoms with van der Waals surface area (Å²) in [6.45, 7) is 2.76. The highest BCUT2D eigenvalue weighted by Crippen LogP contribution is 2.26. The lowest BCUT2D eigenvalue weighted by atomic mass is 10.0. The summed E-state index contributed by atoms with van der Waals surface area (Å²) in [7, 11) is 0. The van der Waals surface area contributed by atoms with Gasteiger partial charge in [-0.3, -0.25) is 19.3 Å². The Morgan fingerprint density at radius 2 is 2.00 bits per heavy atom. The Hall–Kier alpha value is -2.70. The topological polar surface area (TPSA) is 75.7 Å². The van der Waals surface area contributed by atoms with Gasteiger partial charge in [0.15, 0.2) is 0 Å². The maximum Gasteiger partial charge on any atom is 0.261 e. The van der Waals surface area contributed by atoms with Gasteiger partial charge in [-0.15, -0.1) is 0 Å². The van der Waals surface area contributed by atoms with E-state index in [4.69, 9.17) is 16.3 Å². The number of nitrogens with one attached hydrogen (secondary N) is 1. The van der Waals surface area contributed by atoms with Crippen LogP contribution in [0.3, 0.4) is 0 Å². The summed E-state index contributed by atoms with van der Waals surface area (Å²) < 4.78 is 5.55. The van der Waals surface area contributed by atoms with Gasteiger partial charge >= 0.3 is 0 Å². The zero-order chi connectivity index (χ0) is 20.5. The molecule has 1 fully saturated rings. The first kappa shape index (κ1) is 19.6. The molecule has 2 aromatic carbocycles. The normalized spacial score (nSPS) is 19.4. The molecule has 4 rings (SSSR count). The number of carbonyl (C=O) groups is 3. The van der Waals surface area contributed by atoms with Gasteiger partial charge in [-0.25, -0.2) is 0 Å². The third-order valence-electron chi connectivity index (χ3n) is 5.34. The largest absolute Gasteiger partial charge is 0.376 e. The van der Waals surface area contributed by atoms with Crippen molar-refractivity contribution in [2.24, 2.45) is 0 Å². The van der Waals surface area contributed by atoms with Crippen LogP contribution in [-0.2, 0) is 4.74 Å². The summed E-state index contributed by atoms with van der Waals surface area (Å²) in [5.74, 6) is -1.03. The van der Waals surface area contributed by atoms with Crippen molar-refractivity contribution in [2.75, 3.05) is 13.2 Å². The quantitative estimate of drug-likeness (QED) is 0.761. The Labute approximate surface area is 173 Å². The number of hydrogen-bond acceptors (Lipinski definition) is 4. The van der Waals surface area contributed by atoms with E-state index < -0.39 is 0 Å². The number of amides is 3. The number of hydrogen-bond donors (Lipinski definition) is 1. The Morgan fingerprint density at radius 1 is 1.21 bits per heavy atom. The SMILES string of the molecule is CC(NC(=O)c1ccc2c(c1)C(=O)N(CC1CCCO1)C2=O)c1cccc(Cl)c1. The molecule has 2 atom stereocenters. The minimum atomic E-state index is -0.377. The van der Waals surface area contributed by atoms with Gasteiger partial charge in [0.25, 0.3) is 17.7 Å². The fourth-order valence-electron chi connectivity index (χ4n) is 3.73. The lowest BCUT2D eigenvalue weighted by Crippen LogP contribution is -2.36. The Bertz CT molecular complexity index is 985. The van der Waals surface area contributed by atoms with Crippen molar-refractivity contribution in [1.82, 2.24) is 10.2 Å². The summed E-state index contributed by atoms with van der Waals surface area (Å²) in [5.41, 5.74) is 1.79. The molecule has 0 bridgehead atoms. The second-order valence-electron chi connectivity index (χ2n) is 7.37. The molecule has 1 N–H and O–H groups in total. The van der Waals surface area contributed by atoms with E-state index in [1.54, 1.807) is 24.3 Å². The number of imide groups is 1. The maximum absolute atomic E-state index is 12.8. The Kier molecular flexibility index (Phi) is 5.39. The van der Waals surface area contributed by atoms with Crippen molar-refractivity contribution in [3.63, 3.8) is 0 Å². The van der Waals surface area contributed by atoms with Crippen molar-refractivity contribution in [1.29, 1.82) is 0 Å². The maximum atomic E-state index is 12.8. The average molecular weight is 413 g/mol. The van der Waals surface area contributed by atoms with Crippen molar-refractivity contribution >= 4 is 29.3 Å². The molecule has 1 saturated heterocycles. The molecule has 0 saturated carbocycles. The molecule has 6 nitrogen and oxygen atoms in total. The molecule has 0 aliphatic carbocycles. The van der Waals surface area contributed by atoms with Crippen LogP contribution in [-0.4, -0.2) is 41.9 Å². The van der Waals surface area contributed by atoms with Crippen molar-refractivity contribution in [3.8, 4) is 0 Å². The zero-order valence-electron chi connectivity index (χ0n) is 16.0. The smallest absolute Gasteiger partial charge is 0.261 e. The predicted molar refractivity (Wildman–Crippen MR) is 108 cm³/mol. The summed E-state index contributed by atoms with van der Waals surface area (Å²) in [6.07, 6.45) is 1.66. The lowest BCUT2D eigenvalue weighted by Gasteiger charge is -2.17. The van der Waals surface area contributed by atoms with Gasteiger partial charge < -0.3 is 10.1 Å². The molecule has 0 aromatic heterocycles. The first-order valence-electron chi connectivity index (χ1n) is 9.62. The highest BCUT2D eigenvalue weighted by atomic mass is 35.5. The molecular formula is C22H21ClN2O4. The van der Waals surface area contributed by atoms with E-state index in [2.05, 4.69) is 5.32 Å². The van der Waals surface area contributed by atoms with Gasteiger partial charge in [0, 0.05) is 17.2 Å². The number of rotatable bonds is 5. The molecule has 2 aliphatic heterocycles. The number of carbonyl (C=O) groups excluding carboxylic acids is 3. The van der Waals surface area contributed by atoms with E-state index in [0.717, 1.165) is 18.4 Å². The number of fused-ring (bicyclic) bond motifs is 1. The lowest BCUT2D eigenvalue weighted by molar-refractivity contribution is 0.0475. The number of nitrogens with zero attached hydrogens (tertiary/aromatic N) is 1. The van der Waals surface area contributed by atoms with Crippen LogP contribution in [0.15, 0.2) is 42.5 Å². The van der Waals surface area contributed by atoms with Crippen molar-refractivity contribution in [3.05, 3.63) is 69.7 Å². The molecule has 2 heterocycles. The molecular weight excluding hydrogens is 392 g/mol. The standard InChI is InChI=1S/C22H21ClN2O4/c1-13(14-4-2-5-16(23)10-14)24-20(26)15-7-8-18-19(11-15)22(28)25(21(18)27)12-17-6-3-9-29-17/h2,4-5,7-8,10-11,13,17H,3,6,9,12H2,1H3,(H,24,26). The van der Waals surface area contributed by atoms with Crippen LogP contribution in [0.4, 0.5) is 0 Å². The molecule has 7 heteroatoms. The van der Waals surface area contributed by atoms with E-state index >= 15 is 0 Å². The van der Waals surface area contributed by atoms with E-state index in [1.807, 2.05) is 19.1 Å². The summed E-state index contributed by atoms with van der Waals surface area (Å²) in [5, 5.41) is 3.49. The van der Waals surface area contributed by atoms with Crippen molar-refractivity contribution < 1.29 is 19.1 Å². The molecule has 3 amide bonds. The molecule has 2 aliphatic rings. The van der Waals surface area contributed by atoms with Crippen LogP contribution in [0.1, 0.15) is 62.4 Å². The van der Waals surface area contributed by atoms with Gasteiger partial charge in [-0.05, 0) is 55.7 Å². The Balaban J connectivity index is 1.50. The molecule has 2 unspecified atom stereocenters. The summed E-state index contributed by atoms with van der Waals surface area (Å²) in [6, 6.07) is 11.6. The van der Waals surface area contributed by atoms with Gasteiger partial charge in [-0.2, -0.15) is 0 Å². The minimum Gasteiger partial charge on any atom is -0.376 e. The van der Waals surface area contributed by atoms with Crippen LogP contribution in [0.2, 0.25) is 5.02 Å². The van der Waals surface area contributed by atoms with Crippen LogP contribution in [0.25, 0.3) is 0 Å². The second kappa shape index (κ2) is 7.97. The van der Waals surface area contributed by atoms with Crippen LogP contribution in [0, 0.1) is 0 Å². The molecule has 2 aromatic rings. The van der Waals surface area contributed by atoms with Gasteiger partial charge in [0.1, 0.15) is 0 Å². The molecule has 0 radical (unpaired) electrons. The average Bonchev–Trinajstić information content (AvgIpc) is 3.31. The number of ether oxygens (including phenoxy) is 1. The highest BCUT2D eigenvalue weighted by molar-refractivity contribution is 6.30. The molecule has 150 valence electrons. The number of benzene rings is 2. The summed E-state index contributed by atoms with van der Waals surface area (Å²) >= 11 is 6.01. The first-order chi connectivity index (χ1) is 13.9. The van der Waals surface area contributed by atoms with E-state index in [9.17, 15) is 14.4 Å². The van der Waals surface area contributed by atoms with Gasteiger partial charge in [-0.1, -0.05) is 23.7 Å². The van der Waals surface area contributed by atoms with Crippen LogP contribution >= 0.6 is 11.6 Å². The van der Waals surface area contributed by atoms with Gasteiger partial charge in [0.2, 0.25) is 0 Å². The minimum absolute atomic E-state index is 0.112. The fraction of sp³-hybridized carbons (Fsp3) is 0.318. The molecule has 0 spiro atoms. The van der Waals surface area contributed by atoms with E-state index in [0.29, 0.717) is 22.8 Å². The van der Waals surface area contributed by atoms with Crippen LogP contribution < -0.4 is 5.32 Å². The molecule has 29 heavy (non-hydrogen) atoms. The monoisotopic (exact) mass is 412 g/mol. The van der Waals surface area contributed by atoms with E-state index in [-0.39, 0.29) is 42.0 Å².